The van der Waals surface area contributed by atoms with Crippen molar-refractivity contribution < 1.29 is 18.9 Å². The van der Waals surface area contributed by atoms with E-state index in [9.17, 15) is 14.4 Å². The third-order valence-corrected chi connectivity index (χ3v) is 5.60. The highest BCUT2D eigenvalue weighted by Crippen LogP contribution is 2.23. The summed E-state index contributed by atoms with van der Waals surface area (Å²) in [5, 5.41) is 8.69. The fourth-order valence-corrected chi connectivity index (χ4v) is 3.62. The van der Waals surface area contributed by atoms with Crippen molar-refractivity contribution in [1.82, 2.24) is 20.4 Å². The molecular weight excluding hydrogens is 416 g/mol. The second-order valence-corrected chi connectivity index (χ2v) is 8.37. The molecule has 9 heteroatoms. The Bertz CT molecular complexity index is 1020. The summed E-state index contributed by atoms with van der Waals surface area (Å²) in [5.41, 5.74) is 0.765. The number of hydrogen-bond donors (Lipinski definition) is 1. The number of carbonyl (C=O) groups excluding carboxylic acids is 3. The molecule has 0 saturated heterocycles. The number of amides is 1. The van der Waals surface area contributed by atoms with E-state index in [1.807, 2.05) is 19.2 Å². The van der Waals surface area contributed by atoms with Crippen LogP contribution in [0.4, 0.5) is 0 Å². The van der Waals surface area contributed by atoms with Crippen LogP contribution in [0, 0.1) is 5.92 Å². The van der Waals surface area contributed by atoms with Crippen molar-refractivity contribution in [1.29, 1.82) is 0 Å². The lowest BCUT2D eigenvalue weighted by Crippen LogP contribution is -2.32. The van der Waals surface area contributed by atoms with Crippen LogP contribution in [0.25, 0.3) is 11.4 Å². The highest BCUT2D eigenvalue weighted by molar-refractivity contribution is 7.12. The van der Waals surface area contributed by atoms with Crippen molar-refractivity contribution in [3.05, 3.63) is 52.8 Å². The van der Waals surface area contributed by atoms with E-state index in [0.717, 1.165) is 5.56 Å². The molecule has 0 radical (unpaired) electrons. The molecular formula is C22H24N4O4S. The van der Waals surface area contributed by atoms with Crippen molar-refractivity contribution in [2.24, 2.45) is 5.92 Å². The second-order valence-electron chi connectivity index (χ2n) is 7.42. The Labute approximate surface area is 184 Å². The zero-order valence-corrected chi connectivity index (χ0v) is 18.2. The summed E-state index contributed by atoms with van der Waals surface area (Å²) in [6.07, 6.45) is 3.70. The van der Waals surface area contributed by atoms with E-state index in [1.54, 1.807) is 36.7 Å². The van der Waals surface area contributed by atoms with Gasteiger partial charge in [0.2, 0.25) is 17.6 Å². The van der Waals surface area contributed by atoms with Gasteiger partial charge in [0.25, 0.3) is 0 Å². The lowest BCUT2D eigenvalue weighted by Gasteiger charge is -2.18. The first-order chi connectivity index (χ1) is 14.9. The maximum Gasteiger partial charge on any atom is 0.249 e. The van der Waals surface area contributed by atoms with E-state index in [1.165, 1.54) is 11.3 Å². The Hall–Kier alpha value is -3.20. The molecule has 8 nitrogen and oxygen atoms in total. The summed E-state index contributed by atoms with van der Waals surface area (Å²) in [5.74, 6) is 0.299. The van der Waals surface area contributed by atoms with E-state index >= 15 is 0 Å². The molecule has 162 valence electrons. The minimum atomic E-state index is -0.467. The largest absolute Gasteiger partial charge is 0.344 e. The number of hydrogen-bond acceptors (Lipinski definition) is 8. The Morgan fingerprint density at radius 3 is 2.48 bits per heavy atom. The maximum atomic E-state index is 12.4. The molecule has 0 aliphatic rings. The fraction of sp³-hybridized carbons (Fsp3) is 0.364. The molecule has 0 aliphatic heterocycles. The smallest absolute Gasteiger partial charge is 0.249 e. The Balaban J connectivity index is 1.50. The number of pyridine rings is 1. The van der Waals surface area contributed by atoms with Crippen LogP contribution in [0.3, 0.4) is 0 Å². The zero-order chi connectivity index (χ0) is 22.2. The molecule has 1 atom stereocenters. The number of nitrogens with zero attached hydrogens (tertiary/aromatic N) is 3. The SMILES string of the molecule is CC(C)C(NC(=O)CCC(=O)CCC(=O)c1cccs1)c1nc(-c2ccncc2)no1. The van der Waals surface area contributed by atoms with Gasteiger partial charge in [-0.25, -0.2) is 0 Å². The molecule has 1 N–H and O–H groups in total. The molecule has 0 aromatic carbocycles. The fourth-order valence-electron chi connectivity index (χ4n) is 2.93. The van der Waals surface area contributed by atoms with E-state index in [-0.39, 0.29) is 49.1 Å². The van der Waals surface area contributed by atoms with Crippen molar-refractivity contribution in [2.75, 3.05) is 0 Å². The Morgan fingerprint density at radius 1 is 1.06 bits per heavy atom. The summed E-state index contributed by atoms with van der Waals surface area (Å²) in [7, 11) is 0. The van der Waals surface area contributed by atoms with E-state index < -0.39 is 6.04 Å². The Kier molecular flexibility index (Phi) is 7.77. The lowest BCUT2D eigenvalue weighted by atomic mass is 10.0. The van der Waals surface area contributed by atoms with Gasteiger partial charge in [0, 0.05) is 43.6 Å². The number of rotatable bonds is 11. The molecule has 0 fully saturated rings. The lowest BCUT2D eigenvalue weighted by molar-refractivity contribution is -0.126. The minimum Gasteiger partial charge on any atom is -0.344 e. The summed E-state index contributed by atoms with van der Waals surface area (Å²) >= 11 is 1.36. The first kappa shape index (κ1) is 22.5. The predicted octanol–water partition coefficient (Wildman–Crippen LogP) is 4.02. The zero-order valence-electron chi connectivity index (χ0n) is 17.4. The molecule has 0 spiro atoms. The average Bonchev–Trinajstić information content (AvgIpc) is 3.47. The summed E-state index contributed by atoms with van der Waals surface area (Å²) in [4.78, 5) is 45.5. The van der Waals surface area contributed by atoms with Gasteiger partial charge in [0.05, 0.1) is 4.88 Å². The standard InChI is InChI=1S/C22H24N4O4S/c1-14(2)20(22-25-21(26-30-22)15-9-11-23-12-10-15)24-19(29)8-6-16(27)5-7-17(28)18-4-3-13-31-18/h3-4,9-14,20H,5-8H2,1-2H3,(H,24,29). The van der Waals surface area contributed by atoms with Gasteiger partial charge in [-0.15, -0.1) is 11.3 Å². The van der Waals surface area contributed by atoms with Gasteiger partial charge >= 0.3 is 0 Å². The predicted molar refractivity (Wildman–Crippen MR) is 115 cm³/mol. The van der Waals surface area contributed by atoms with E-state index in [0.29, 0.717) is 16.6 Å². The molecule has 0 aliphatic carbocycles. The number of Topliss-reactive ketones (excluding diaryl/α,β-unsaturated/α-hetero) is 2. The third-order valence-electron chi connectivity index (χ3n) is 4.69. The molecule has 0 saturated carbocycles. The molecule has 3 aromatic rings. The average molecular weight is 441 g/mol. The molecule has 3 heterocycles. The van der Waals surface area contributed by atoms with Gasteiger partial charge in [0.1, 0.15) is 11.8 Å². The van der Waals surface area contributed by atoms with Crippen LogP contribution in [-0.2, 0) is 9.59 Å². The van der Waals surface area contributed by atoms with Crippen molar-refractivity contribution >= 4 is 28.8 Å². The van der Waals surface area contributed by atoms with Gasteiger partial charge in [-0.3, -0.25) is 19.4 Å². The van der Waals surface area contributed by atoms with Crippen LogP contribution in [0.15, 0.2) is 46.6 Å². The quantitative estimate of drug-likeness (QED) is 0.448. The number of aromatic nitrogens is 3. The van der Waals surface area contributed by atoms with Gasteiger partial charge < -0.3 is 9.84 Å². The van der Waals surface area contributed by atoms with Gasteiger partial charge in [-0.2, -0.15) is 4.98 Å². The van der Waals surface area contributed by atoms with Crippen LogP contribution < -0.4 is 5.32 Å². The topological polar surface area (TPSA) is 115 Å². The number of nitrogens with one attached hydrogen (secondary N) is 1. The van der Waals surface area contributed by atoms with Crippen molar-refractivity contribution in [3.8, 4) is 11.4 Å². The first-order valence-electron chi connectivity index (χ1n) is 10.1. The monoisotopic (exact) mass is 440 g/mol. The molecule has 3 rings (SSSR count). The van der Waals surface area contributed by atoms with Gasteiger partial charge in [-0.05, 0) is 29.5 Å². The van der Waals surface area contributed by atoms with Crippen LogP contribution in [0.5, 0.6) is 0 Å². The summed E-state index contributed by atoms with van der Waals surface area (Å²) in [6.45, 7) is 3.87. The van der Waals surface area contributed by atoms with Crippen LogP contribution in [0.1, 0.15) is 61.1 Å². The number of ketones is 2. The van der Waals surface area contributed by atoms with Crippen LogP contribution in [0.2, 0.25) is 0 Å². The highest BCUT2D eigenvalue weighted by atomic mass is 32.1. The minimum absolute atomic E-state index is 0.00816. The molecule has 0 bridgehead atoms. The van der Waals surface area contributed by atoms with Gasteiger partial charge in [0.15, 0.2) is 5.78 Å². The normalized spacial score (nSPS) is 12.0. The van der Waals surface area contributed by atoms with Crippen LogP contribution in [-0.4, -0.2) is 32.6 Å². The number of carbonyl (C=O) groups is 3. The van der Waals surface area contributed by atoms with Crippen molar-refractivity contribution in [3.63, 3.8) is 0 Å². The van der Waals surface area contributed by atoms with Crippen molar-refractivity contribution in [2.45, 2.75) is 45.6 Å². The molecule has 1 unspecified atom stereocenters. The third kappa shape index (κ3) is 6.39. The molecule has 31 heavy (non-hydrogen) atoms. The highest BCUT2D eigenvalue weighted by Gasteiger charge is 2.25. The second kappa shape index (κ2) is 10.7. The van der Waals surface area contributed by atoms with E-state index in [4.69, 9.17) is 4.52 Å². The summed E-state index contributed by atoms with van der Waals surface area (Å²) in [6, 6.07) is 6.62. The molecule has 3 aromatic heterocycles. The molecule has 1 amide bonds. The first-order valence-corrected chi connectivity index (χ1v) is 10.9. The van der Waals surface area contributed by atoms with E-state index in [2.05, 4.69) is 20.4 Å². The maximum absolute atomic E-state index is 12.4. The number of thiophene rings is 1. The van der Waals surface area contributed by atoms with Gasteiger partial charge in [-0.1, -0.05) is 25.1 Å². The van der Waals surface area contributed by atoms with Crippen LogP contribution >= 0.6 is 11.3 Å². The Morgan fingerprint density at radius 2 is 1.81 bits per heavy atom. The summed E-state index contributed by atoms with van der Waals surface area (Å²) < 4.78 is 5.37.